The summed E-state index contributed by atoms with van der Waals surface area (Å²) < 4.78 is 5.70. The summed E-state index contributed by atoms with van der Waals surface area (Å²) in [5.74, 6) is 0.869. The van der Waals surface area contributed by atoms with Crippen LogP contribution in [0.2, 0.25) is 0 Å². The van der Waals surface area contributed by atoms with Crippen molar-refractivity contribution in [3.05, 3.63) is 29.5 Å². The van der Waals surface area contributed by atoms with Crippen molar-refractivity contribution < 1.29 is 4.74 Å². The summed E-state index contributed by atoms with van der Waals surface area (Å²) >= 11 is 0. The molecule has 1 N–H and O–H groups in total. The SMILES string of the molecule is CCNc1c(C)c(CC)nc2c(OCC)cccc12. The Morgan fingerprint density at radius 3 is 2.63 bits per heavy atom. The van der Waals surface area contributed by atoms with Gasteiger partial charge >= 0.3 is 0 Å². The van der Waals surface area contributed by atoms with Gasteiger partial charge in [0.2, 0.25) is 0 Å². The maximum absolute atomic E-state index is 5.70. The van der Waals surface area contributed by atoms with E-state index < -0.39 is 0 Å². The van der Waals surface area contributed by atoms with Gasteiger partial charge in [0.1, 0.15) is 11.3 Å². The number of ether oxygens (including phenoxy) is 1. The number of hydrogen-bond donors (Lipinski definition) is 1. The maximum Gasteiger partial charge on any atom is 0.145 e. The van der Waals surface area contributed by atoms with E-state index in [0.29, 0.717) is 6.61 Å². The van der Waals surface area contributed by atoms with Gasteiger partial charge in [0, 0.05) is 23.3 Å². The molecular formula is C16H22N2O. The van der Waals surface area contributed by atoms with Crippen LogP contribution in [0.4, 0.5) is 5.69 Å². The van der Waals surface area contributed by atoms with Gasteiger partial charge in [-0.15, -0.1) is 0 Å². The molecule has 0 spiro atoms. The first-order valence-corrected chi connectivity index (χ1v) is 7.01. The number of rotatable bonds is 5. The van der Waals surface area contributed by atoms with Crippen molar-refractivity contribution in [2.24, 2.45) is 0 Å². The van der Waals surface area contributed by atoms with Gasteiger partial charge in [0.05, 0.1) is 6.61 Å². The zero-order valence-corrected chi connectivity index (χ0v) is 12.2. The van der Waals surface area contributed by atoms with Gasteiger partial charge in [-0.25, -0.2) is 4.98 Å². The van der Waals surface area contributed by atoms with Crippen LogP contribution in [0.3, 0.4) is 0 Å². The summed E-state index contributed by atoms with van der Waals surface area (Å²) in [7, 11) is 0. The van der Waals surface area contributed by atoms with Gasteiger partial charge < -0.3 is 10.1 Å². The third kappa shape index (κ3) is 2.50. The molecule has 0 amide bonds. The molecule has 1 aromatic carbocycles. The Bertz CT molecular complexity index is 578. The van der Waals surface area contributed by atoms with Crippen molar-refractivity contribution in [3.8, 4) is 5.75 Å². The lowest BCUT2D eigenvalue weighted by molar-refractivity contribution is 0.343. The molecule has 0 unspecified atom stereocenters. The molecule has 0 aliphatic carbocycles. The molecule has 102 valence electrons. The van der Waals surface area contributed by atoms with Crippen LogP contribution in [0.15, 0.2) is 18.2 Å². The summed E-state index contributed by atoms with van der Waals surface area (Å²) in [5, 5.41) is 4.61. The minimum absolute atomic E-state index is 0.659. The summed E-state index contributed by atoms with van der Waals surface area (Å²) in [5.41, 5.74) is 4.52. The van der Waals surface area contributed by atoms with Crippen LogP contribution < -0.4 is 10.1 Å². The molecule has 0 bridgehead atoms. The van der Waals surface area contributed by atoms with Crippen LogP contribution in [0.1, 0.15) is 32.0 Å². The molecule has 1 aromatic heterocycles. The molecule has 0 saturated heterocycles. The Morgan fingerprint density at radius 2 is 2.00 bits per heavy atom. The molecule has 2 rings (SSSR count). The fraction of sp³-hybridized carbons (Fsp3) is 0.438. The number of benzene rings is 1. The van der Waals surface area contributed by atoms with Crippen LogP contribution in [-0.4, -0.2) is 18.1 Å². The monoisotopic (exact) mass is 258 g/mol. The van der Waals surface area contributed by atoms with Crippen molar-refractivity contribution in [3.63, 3.8) is 0 Å². The van der Waals surface area contributed by atoms with Crippen molar-refractivity contribution in [1.29, 1.82) is 0 Å². The van der Waals surface area contributed by atoms with Gasteiger partial charge in [0.15, 0.2) is 0 Å². The summed E-state index contributed by atoms with van der Waals surface area (Å²) in [6.07, 6.45) is 0.931. The number of hydrogen-bond acceptors (Lipinski definition) is 3. The number of anilines is 1. The lowest BCUT2D eigenvalue weighted by atomic mass is 10.0. The average molecular weight is 258 g/mol. The van der Waals surface area contributed by atoms with E-state index in [0.717, 1.165) is 35.3 Å². The predicted molar refractivity (Wildman–Crippen MR) is 81.2 cm³/mol. The molecule has 0 fully saturated rings. The zero-order valence-electron chi connectivity index (χ0n) is 12.2. The lowest BCUT2D eigenvalue weighted by Gasteiger charge is -2.16. The fourth-order valence-electron chi connectivity index (χ4n) is 2.43. The van der Waals surface area contributed by atoms with E-state index in [-0.39, 0.29) is 0 Å². The molecule has 0 radical (unpaired) electrons. The molecule has 0 atom stereocenters. The fourth-order valence-corrected chi connectivity index (χ4v) is 2.43. The highest BCUT2D eigenvalue weighted by molar-refractivity contribution is 5.96. The standard InChI is InChI=1S/C16H22N2O/c1-5-13-11(4)15(17-6-2)12-9-8-10-14(19-7-3)16(12)18-13/h8-10H,5-7H2,1-4H3,(H,17,18). The van der Waals surface area contributed by atoms with E-state index in [4.69, 9.17) is 9.72 Å². The second kappa shape index (κ2) is 5.91. The molecule has 0 saturated carbocycles. The van der Waals surface area contributed by atoms with Crippen molar-refractivity contribution >= 4 is 16.6 Å². The molecule has 0 aliphatic heterocycles. The number of fused-ring (bicyclic) bond motifs is 1. The van der Waals surface area contributed by atoms with Crippen molar-refractivity contribution in [2.45, 2.75) is 34.1 Å². The quantitative estimate of drug-likeness (QED) is 0.882. The Morgan fingerprint density at radius 1 is 1.21 bits per heavy atom. The predicted octanol–water partition coefficient (Wildman–Crippen LogP) is 3.94. The highest BCUT2D eigenvalue weighted by Crippen LogP contribution is 2.33. The van der Waals surface area contributed by atoms with E-state index in [2.05, 4.69) is 32.2 Å². The number of nitrogens with one attached hydrogen (secondary N) is 1. The van der Waals surface area contributed by atoms with E-state index in [1.807, 2.05) is 19.1 Å². The van der Waals surface area contributed by atoms with Crippen LogP contribution in [-0.2, 0) is 6.42 Å². The largest absolute Gasteiger partial charge is 0.492 e. The topological polar surface area (TPSA) is 34.2 Å². The lowest BCUT2D eigenvalue weighted by Crippen LogP contribution is -2.05. The number of para-hydroxylation sites is 1. The summed E-state index contributed by atoms with van der Waals surface area (Å²) in [6, 6.07) is 6.12. The molecule has 3 heteroatoms. The van der Waals surface area contributed by atoms with Crippen LogP contribution in [0.5, 0.6) is 5.75 Å². The molecule has 0 aliphatic rings. The third-order valence-electron chi connectivity index (χ3n) is 3.31. The normalized spacial score (nSPS) is 10.7. The van der Waals surface area contributed by atoms with Gasteiger partial charge in [-0.3, -0.25) is 0 Å². The van der Waals surface area contributed by atoms with E-state index in [1.54, 1.807) is 0 Å². The molecule has 2 aromatic rings. The third-order valence-corrected chi connectivity index (χ3v) is 3.31. The first kappa shape index (κ1) is 13.7. The van der Waals surface area contributed by atoms with Gasteiger partial charge in [-0.2, -0.15) is 0 Å². The van der Waals surface area contributed by atoms with Gasteiger partial charge in [-0.1, -0.05) is 19.1 Å². The smallest absolute Gasteiger partial charge is 0.145 e. The number of nitrogens with zero attached hydrogens (tertiary/aromatic N) is 1. The Balaban J connectivity index is 2.74. The van der Waals surface area contributed by atoms with Crippen LogP contribution >= 0.6 is 0 Å². The van der Waals surface area contributed by atoms with Crippen LogP contribution in [0, 0.1) is 6.92 Å². The van der Waals surface area contributed by atoms with Gasteiger partial charge in [0.25, 0.3) is 0 Å². The minimum Gasteiger partial charge on any atom is -0.492 e. The molecular weight excluding hydrogens is 236 g/mol. The molecule has 19 heavy (non-hydrogen) atoms. The van der Waals surface area contributed by atoms with Gasteiger partial charge in [-0.05, 0) is 38.8 Å². The highest BCUT2D eigenvalue weighted by Gasteiger charge is 2.13. The number of aromatic nitrogens is 1. The van der Waals surface area contributed by atoms with E-state index in [9.17, 15) is 0 Å². The number of pyridine rings is 1. The second-order valence-corrected chi connectivity index (χ2v) is 4.53. The number of aryl methyl sites for hydroxylation is 1. The Labute approximate surface area is 115 Å². The molecule has 3 nitrogen and oxygen atoms in total. The highest BCUT2D eigenvalue weighted by atomic mass is 16.5. The first-order valence-electron chi connectivity index (χ1n) is 7.01. The zero-order chi connectivity index (χ0) is 13.8. The minimum atomic E-state index is 0.659. The van der Waals surface area contributed by atoms with E-state index >= 15 is 0 Å². The summed E-state index contributed by atoms with van der Waals surface area (Å²) in [6.45, 7) is 9.95. The average Bonchev–Trinajstić information content (AvgIpc) is 2.42. The van der Waals surface area contributed by atoms with Crippen LogP contribution in [0.25, 0.3) is 10.9 Å². The maximum atomic E-state index is 5.70. The second-order valence-electron chi connectivity index (χ2n) is 4.53. The Kier molecular flexibility index (Phi) is 4.25. The molecule has 1 heterocycles. The first-order chi connectivity index (χ1) is 9.22. The summed E-state index contributed by atoms with van der Waals surface area (Å²) in [4.78, 5) is 4.79. The van der Waals surface area contributed by atoms with E-state index in [1.165, 1.54) is 11.3 Å². The Hall–Kier alpha value is -1.77. The van der Waals surface area contributed by atoms with Crippen molar-refractivity contribution in [1.82, 2.24) is 4.98 Å². The van der Waals surface area contributed by atoms with Crippen molar-refractivity contribution in [2.75, 3.05) is 18.5 Å².